The van der Waals surface area contributed by atoms with Crippen molar-refractivity contribution in [1.29, 1.82) is 0 Å². The van der Waals surface area contributed by atoms with Gasteiger partial charge in [0.05, 0.1) is 17.6 Å². The average Bonchev–Trinajstić information content (AvgIpc) is 2.60. The van der Waals surface area contributed by atoms with E-state index in [9.17, 15) is 9.59 Å². The van der Waals surface area contributed by atoms with Gasteiger partial charge in [-0.05, 0) is 54.0 Å². The molecule has 162 valence electrons. The van der Waals surface area contributed by atoms with Gasteiger partial charge < -0.3 is 10.2 Å². The van der Waals surface area contributed by atoms with Crippen molar-refractivity contribution in [3.63, 3.8) is 0 Å². The molecule has 0 saturated heterocycles. The Morgan fingerprint density at radius 2 is 1.82 bits per heavy atom. The van der Waals surface area contributed by atoms with Crippen LogP contribution in [0.25, 0.3) is 0 Å². The van der Waals surface area contributed by atoms with Crippen LogP contribution in [-0.2, 0) is 9.59 Å². The Kier molecular flexibility index (Phi) is 10.0. The minimum Gasteiger partial charge on any atom is -0.303 e. The number of nitrogens with one attached hydrogen (secondary N) is 2. The lowest BCUT2D eigenvalue weighted by molar-refractivity contribution is -0.130. The van der Waals surface area contributed by atoms with E-state index in [1.807, 2.05) is 34.7 Å². The second-order valence-electron chi connectivity index (χ2n) is 9.53. The SMILES string of the molecule is CC(C)N[C@]1(C)CCCCC/C=C\CN(C)C[C@@](C)(C(=O)C(C)C)NCC1=O. The molecule has 5 heteroatoms. The number of hydrogen-bond donors (Lipinski definition) is 2. The van der Waals surface area contributed by atoms with E-state index in [0.717, 1.165) is 38.6 Å². The van der Waals surface area contributed by atoms with Crippen molar-refractivity contribution >= 4 is 11.6 Å². The minimum absolute atomic E-state index is 0.0844. The zero-order valence-electron chi connectivity index (χ0n) is 19.2. The molecule has 2 atom stereocenters. The van der Waals surface area contributed by atoms with Gasteiger partial charge in [0, 0.05) is 25.0 Å². The monoisotopic (exact) mass is 393 g/mol. The lowest BCUT2D eigenvalue weighted by atomic mass is 9.85. The van der Waals surface area contributed by atoms with E-state index in [4.69, 9.17) is 0 Å². The summed E-state index contributed by atoms with van der Waals surface area (Å²) in [5.74, 6) is 0.206. The predicted octanol–water partition coefficient (Wildman–Crippen LogP) is 3.34. The Morgan fingerprint density at radius 3 is 2.43 bits per heavy atom. The Balaban J connectivity index is 3.09. The van der Waals surface area contributed by atoms with Crippen LogP contribution in [0.5, 0.6) is 0 Å². The fourth-order valence-electron chi connectivity index (χ4n) is 4.15. The first-order chi connectivity index (χ1) is 13.0. The molecule has 0 amide bonds. The van der Waals surface area contributed by atoms with Crippen LogP contribution in [0.15, 0.2) is 12.2 Å². The molecule has 0 saturated carbocycles. The summed E-state index contributed by atoms with van der Waals surface area (Å²) >= 11 is 0. The lowest BCUT2D eigenvalue weighted by Gasteiger charge is -2.37. The highest BCUT2D eigenvalue weighted by Crippen LogP contribution is 2.20. The van der Waals surface area contributed by atoms with Crippen LogP contribution in [0.4, 0.5) is 0 Å². The highest BCUT2D eigenvalue weighted by molar-refractivity contribution is 5.93. The number of hydrogen-bond acceptors (Lipinski definition) is 5. The Bertz CT molecular complexity index is 544. The summed E-state index contributed by atoms with van der Waals surface area (Å²) in [7, 11) is 2.03. The molecule has 0 spiro atoms. The normalized spacial score (nSPS) is 30.8. The third kappa shape index (κ3) is 7.76. The van der Waals surface area contributed by atoms with Gasteiger partial charge in [-0.25, -0.2) is 0 Å². The molecule has 0 aliphatic carbocycles. The third-order valence-electron chi connectivity index (χ3n) is 5.65. The molecule has 28 heavy (non-hydrogen) atoms. The highest BCUT2D eigenvalue weighted by Gasteiger charge is 2.38. The quantitative estimate of drug-likeness (QED) is 0.718. The largest absolute Gasteiger partial charge is 0.303 e. The number of carbonyl (C=O) groups is 2. The van der Waals surface area contributed by atoms with Crippen LogP contribution in [0.2, 0.25) is 0 Å². The van der Waals surface area contributed by atoms with Gasteiger partial charge in [0.2, 0.25) is 0 Å². The number of carbonyl (C=O) groups excluding carboxylic acids is 2. The summed E-state index contributed by atoms with van der Waals surface area (Å²) in [6.07, 6.45) is 9.61. The summed E-state index contributed by atoms with van der Waals surface area (Å²) in [4.78, 5) is 28.3. The van der Waals surface area contributed by atoms with E-state index in [0.29, 0.717) is 6.54 Å². The minimum atomic E-state index is -0.745. The molecule has 0 unspecified atom stereocenters. The first-order valence-corrected chi connectivity index (χ1v) is 10.9. The first-order valence-electron chi connectivity index (χ1n) is 10.9. The molecule has 1 heterocycles. The van der Waals surface area contributed by atoms with E-state index in [-0.39, 0.29) is 30.1 Å². The van der Waals surface area contributed by atoms with Crippen LogP contribution in [-0.4, -0.2) is 60.3 Å². The summed E-state index contributed by atoms with van der Waals surface area (Å²) in [6, 6.07) is 0.230. The fraction of sp³-hybridized carbons (Fsp3) is 0.826. The highest BCUT2D eigenvalue weighted by atomic mass is 16.1. The molecule has 1 aliphatic heterocycles. The topological polar surface area (TPSA) is 61.4 Å². The smallest absolute Gasteiger partial charge is 0.166 e. The maximum atomic E-state index is 13.2. The molecular weight excluding hydrogens is 350 g/mol. The number of allylic oxidation sites excluding steroid dienone is 1. The van der Waals surface area contributed by atoms with Gasteiger partial charge in [-0.15, -0.1) is 0 Å². The van der Waals surface area contributed by atoms with Crippen LogP contribution in [0.1, 0.15) is 73.6 Å². The Hall–Kier alpha value is -1.04. The van der Waals surface area contributed by atoms with Crippen molar-refractivity contribution in [2.75, 3.05) is 26.7 Å². The molecular formula is C23H43N3O2. The van der Waals surface area contributed by atoms with Crippen molar-refractivity contribution in [1.82, 2.24) is 15.5 Å². The number of nitrogens with zero attached hydrogens (tertiary/aromatic N) is 1. The van der Waals surface area contributed by atoms with Gasteiger partial charge >= 0.3 is 0 Å². The van der Waals surface area contributed by atoms with Crippen LogP contribution < -0.4 is 10.6 Å². The Labute approximate surface area is 172 Å². The second kappa shape index (κ2) is 11.2. The van der Waals surface area contributed by atoms with Gasteiger partial charge in [-0.1, -0.05) is 38.8 Å². The third-order valence-corrected chi connectivity index (χ3v) is 5.65. The number of likely N-dealkylation sites (N-methyl/N-ethyl adjacent to an activating group) is 1. The van der Waals surface area contributed by atoms with Gasteiger partial charge in [0.25, 0.3) is 0 Å². The van der Waals surface area contributed by atoms with E-state index in [1.165, 1.54) is 0 Å². The van der Waals surface area contributed by atoms with E-state index >= 15 is 0 Å². The number of rotatable bonds is 4. The summed E-state index contributed by atoms with van der Waals surface area (Å²) in [5.41, 5.74) is -1.31. The zero-order valence-corrected chi connectivity index (χ0v) is 19.2. The average molecular weight is 394 g/mol. The van der Waals surface area contributed by atoms with Crippen molar-refractivity contribution in [2.24, 2.45) is 5.92 Å². The zero-order chi connectivity index (χ0) is 21.4. The molecule has 0 fully saturated rings. The van der Waals surface area contributed by atoms with Crippen molar-refractivity contribution in [3.05, 3.63) is 12.2 Å². The van der Waals surface area contributed by atoms with Gasteiger partial charge in [0.1, 0.15) is 0 Å². The summed E-state index contributed by atoms with van der Waals surface area (Å²) in [6.45, 7) is 13.6. The van der Waals surface area contributed by atoms with Crippen LogP contribution >= 0.6 is 0 Å². The van der Waals surface area contributed by atoms with Gasteiger partial charge in [-0.3, -0.25) is 14.9 Å². The van der Waals surface area contributed by atoms with Crippen molar-refractivity contribution in [3.8, 4) is 0 Å². The number of ketones is 2. The molecule has 2 N–H and O–H groups in total. The summed E-state index contributed by atoms with van der Waals surface area (Å²) in [5, 5.41) is 6.84. The molecule has 0 aromatic carbocycles. The summed E-state index contributed by atoms with van der Waals surface area (Å²) < 4.78 is 0. The molecule has 0 aromatic rings. The van der Waals surface area contributed by atoms with Gasteiger partial charge in [0.15, 0.2) is 11.6 Å². The van der Waals surface area contributed by atoms with Crippen molar-refractivity contribution < 1.29 is 9.59 Å². The number of Topliss-reactive ketones (excluding diaryl/α,β-unsaturated/α-hetero) is 2. The molecule has 1 aliphatic rings. The molecule has 0 radical (unpaired) electrons. The fourth-order valence-corrected chi connectivity index (χ4v) is 4.15. The van der Waals surface area contributed by atoms with Crippen LogP contribution in [0.3, 0.4) is 0 Å². The van der Waals surface area contributed by atoms with Gasteiger partial charge in [-0.2, -0.15) is 0 Å². The van der Waals surface area contributed by atoms with E-state index < -0.39 is 11.1 Å². The maximum Gasteiger partial charge on any atom is 0.166 e. The van der Waals surface area contributed by atoms with Crippen LogP contribution in [0, 0.1) is 5.92 Å². The molecule has 0 bridgehead atoms. The molecule has 1 rings (SSSR count). The lowest BCUT2D eigenvalue weighted by Crippen LogP contribution is -2.62. The first kappa shape index (κ1) is 25.0. The van der Waals surface area contributed by atoms with E-state index in [2.05, 4.69) is 41.5 Å². The van der Waals surface area contributed by atoms with Crippen molar-refractivity contribution in [2.45, 2.75) is 90.8 Å². The van der Waals surface area contributed by atoms with E-state index in [1.54, 1.807) is 0 Å². The molecule has 5 nitrogen and oxygen atoms in total. The standard InChI is InChI=1S/C23H43N3O2/c1-18(2)21(28)23(6)17-26(7)15-13-11-9-8-10-12-14-22(5,25-19(3)4)20(27)16-24-23/h11,13,18-19,24-25H,8-10,12,14-17H2,1-7H3/b13-11-/t22-,23+/m1/s1. The maximum absolute atomic E-state index is 13.2. The second-order valence-corrected chi connectivity index (χ2v) is 9.53. The predicted molar refractivity (Wildman–Crippen MR) is 118 cm³/mol. The Morgan fingerprint density at radius 1 is 1.14 bits per heavy atom. The molecule has 0 aromatic heterocycles.